The van der Waals surface area contributed by atoms with Crippen LogP contribution in [0, 0.1) is 0 Å². The molecule has 0 rings (SSSR count). The lowest BCUT2D eigenvalue weighted by molar-refractivity contribution is 0.531. The fourth-order valence-electron chi connectivity index (χ4n) is 1.29. The van der Waals surface area contributed by atoms with Crippen LogP contribution in [0.25, 0.3) is 0 Å². The van der Waals surface area contributed by atoms with E-state index in [0.717, 1.165) is 0 Å². The van der Waals surface area contributed by atoms with Crippen LogP contribution in [0.1, 0.15) is 13.8 Å². The van der Waals surface area contributed by atoms with Gasteiger partial charge in [-0.25, -0.2) is 0 Å². The van der Waals surface area contributed by atoms with Gasteiger partial charge in [0, 0.05) is 0 Å². The van der Waals surface area contributed by atoms with Gasteiger partial charge in [-0.05, 0) is 6.04 Å². The third-order valence-electron chi connectivity index (χ3n) is 1.54. The van der Waals surface area contributed by atoms with Crippen molar-refractivity contribution < 1.29 is 0 Å². The molecule has 0 N–H and O–H groups in total. The van der Waals surface area contributed by atoms with Gasteiger partial charge in [0.2, 0.25) is 0 Å². The summed E-state index contributed by atoms with van der Waals surface area (Å²) in [5.41, 5.74) is -0.360. The quantitative estimate of drug-likeness (QED) is 0.650. The molecule has 0 aliphatic heterocycles. The van der Waals surface area contributed by atoms with Gasteiger partial charge in [-0.2, -0.15) is 0 Å². The number of halogens is 2. The Balaban J connectivity index is 4.35. The van der Waals surface area contributed by atoms with E-state index in [0.29, 0.717) is 6.04 Å². The maximum Gasteiger partial charge on any atom is 0.428 e. The zero-order chi connectivity index (χ0) is 9.23. The van der Waals surface area contributed by atoms with E-state index in [4.69, 9.17) is 22.9 Å². The van der Waals surface area contributed by atoms with E-state index < -0.39 is 8.24 Å². The largest absolute Gasteiger partial charge is 0.428 e. The van der Waals surface area contributed by atoms with Crippen LogP contribution in [-0.4, -0.2) is 24.4 Å². The fraction of sp³-hybridized carbons (Fsp3) is 1.00. The van der Waals surface area contributed by atoms with E-state index in [1.165, 1.54) is 0 Å². The molecule has 5 heteroatoms. The average molecular weight is 212 g/mol. The van der Waals surface area contributed by atoms with Crippen molar-refractivity contribution in [2.45, 2.75) is 39.5 Å². The molecule has 0 heterocycles. The predicted octanol–water partition coefficient (Wildman–Crippen LogP) is 2.99. The summed E-state index contributed by atoms with van der Waals surface area (Å²) in [7, 11) is -1.34. The summed E-state index contributed by atoms with van der Waals surface area (Å²) < 4.78 is 2.19. The van der Waals surface area contributed by atoms with E-state index in [-0.39, 0.29) is 5.68 Å². The van der Waals surface area contributed by atoms with Gasteiger partial charge in [0.15, 0.2) is 0 Å². The van der Waals surface area contributed by atoms with Gasteiger partial charge < -0.3 is 4.48 Å². The first-order valence-corrected chi connectivity index (χ1v) is 8.15. The van der Waals surface area contributed by atoms with Gasteiger partial charge >= 0.3 is 5.68 Å². The molecule has 0 spiro atoms. The minimum Gasteiger partial charge on any atom is -0.335 e. The van der Waals surface area contributed by atoms with Crippen LogP contribution in [0.2, 0.25) is 19.6 Å². The highest BCUT2D eigenvalue weighted by Gasteiger charge is 2.32. The molecule has 11 heavy (non-hydrogen) atoms. The normalized spacial score (nSPS) is 12.8. The average Bonchev–Trinajstić information content (AvgIpc) is 1.54. The van der Waals surface area contributed by atoms with Gasteiger partial charge in [-0.1, -0.05) is 33.5 Å². The molecule has 0 fully saturated rings. The number of rotatable bonds is 3. The molecule has 0 aliphatic rings. The lowest BCUT2D eigenvalue weighted by Gasteiger charge is -2.37. The Labute approximate surface area is 81.1 Å². The highest BCUT2D eigenvalue weighted by atomic mass is 35.5. The van der Waals surface area contributed by atoms with Crippen molar-refractivity contribution in [1.82, 2.24) is 4.48 Å². The summed E-state index contributed by atoms with van der Waals surface area (Å²) in [6.45, 7) is 11.0. The lowest BCUT2D eigenvalue weighted by Crippen LogP contribution is -2.54. The summed E-state index contributed by atoms with van der Waals surface area (Å²) in [5.74, 6) is 0. The smallest absolute Gasteiger partial charge is 0.335 e. The minimum atomic E-state index is -1.34. The molecule has 0 aromatic rings. The second-order valence-corrected chi connectivity index (χ2v) is 9.86. The molecule has 0 unspecified atom stereocenters. The number of hydrogen-bond acceptors (Lipinski definition) is 1. The summed E-state index contributed by atoms with van der Waals surface area (Å²) in [5, 5.41) is 0. The fourth-order valence-corrected chi connectivity index (χ4v) is 5.63. The van der Waals surface area contributed by atoms with Crippen LogP contribution in [0.3, 0.4) is 0 Å². The Morgan fingerprint density at radius 2 is 1.55 bits per heavy atom. The van der Waals surface area contributed by atoms with Gasteiger partial charge in [-0.15, -0.1) is 22.9 Å². The second kappa shape index (κ2) is 4.17. The summed E-state index contributed by atoms with van der Waals surface area (Å²) in [6.07, 6.45) is 0. The molecule has 0 atom stereocenters. The van der Waals surface area contributed by atoms with Gasteiger partial charge in [0.1, 0.15) is 8.24 Å². The zero-order valence-corrected chi connectivity index (χ0v) is 10.4. The summed E-state index contributed by atoms with van der Waals surface area (Å²) >= 11 is 11.7. The Morgan fingerprint density at radius 3 is 1.55 bits per heavy atom. The van der Waals surface area contributed by atoms with Crippen molar-refractivity contribution >= 4 is 36.8 Å². The molecule has 0 aliphatic carbocycles. The first-order valence-electron chi connectivity index (χ1n) is 3.83. The summed E-state index contributed by atoms with van der Waals surface area (Å²) in [6, 6.07) is 0.432. The minimum absolute atomic E-state index is 0.360. The molecule has 0 amide bonds. The summed E-state index contributed by atoms with van der Waals surface area (Å²) in [4.78, 5) is 0. The van der Waals surface area contributed by atoms with Crippen LogP contribution >= 0.6 is 22.9 Å². The maximum absolute atomic E-state index is 5.85. The highest BCUT2D eigenvalue weighted by Crippen LogP contribution is 2.19. The molecule has 0 aromatic carbocycles. The molecular weight excluding hydrogens is 196 g/mol. The van der Waals surface area contributed by atoms with Gasteiger partial charge in [0.25, 0.3) is 0 Å². The molecule has 1 nitrogen and oxygen atoms in total. The van der Waals surface area contributed by atoms with Crippen molar-refractivity contribution in [3.63, 3.8) is 0 Å². The molecule has 66 valence electrons. The van der Waals surface area contributed by atoms with Crippen molar-refractivity contribution in [1.29, 1.82) is 0 Å². The Bertz CT molecular complexity index is 116. The monoisotopic (exact) mass is 211 g/mol. The van der Waals surface area contributed by atoms with E-state index in [2.05, 4.69) is 38.0 Å². The molecular formula is C6H16BCl2NSi. The number of hydrogen-bond donors (Lipinski definition) is 0. The van der Waals surface area contributed by atoms with Gasteiger partial charge in [-0.3, -0.25) is 0 Å². The van der Waals surface area contributed by atoms with E-state index in [1.54, 1.807) is 0 Å². The van der Waals surface area contributed by atoms with Crippen molar-refractivity contribution in [2.24, 2.45) is 0 Å². The maximum atomic E-state index is 5.85. The lowest BCUT2D eigenvalue weighted by atomic mass is 10.3. The predicted molar refractivity (Wildman–Crippen MR) is 57.8 cm³/mol. The first kappa shape index (κ1) is 11.8. The SMILES string of the molecule is CC(C)N(B(Cl)Cl)[Si](C)(C)C. The second-order valence-electron chi connectivity index (χ2n) is 3.95. The van der Waals surface area contributed by atoms with Crippen molar-refractivity contribution in [3.05, 3.63) is 0 Å². The number of nitrogens with zero attached hydrogens (tertiary/aromatic N) is 1. The van der Waals surface area contributed by atoms with Crippen LogP contribution in [0.15, 0.2) is 0 Å². The third-order valence-corrected chi connectivity index (χ3v) is 4.61. The van der Waals surface area contributed by atoms with E-state index in [1.807, 2.05) is 0 Å². The molecule has 0 saturated carbocycles. The standard InChI is InChI=1S/C6H16BCl2NSi/c1-6(2)10(7(8)9)11(3,4)5/h6H,1-5H3. The van der Waals surface area contributed by atoms with Crippen molar-refractivity contribution in [2.75, 3.05) is 0 Å². The van der Waals surface area contributed by atoms with E-state index >= 15 is 0 Å². The third kappa shape index (κ3) is 3.83. The van der Waals surface area contributed by atoms with Crippen LogP contribution in [0.4, 0.5) is 0 Å². The molecule has 0 aromatic heterocycles. The van der Waals surface area contributed by atoms with E-state index in [9.17, 15) is 0 Å². The Kier molecular flexibility index (Phi) is 4.48. The zero-order valence-electron chi connectivity index (χ0n) is 7.86. The van der Waals surface area contributed by atoms with Crippen LogP contribution in [-0.2, 0) is 0 Å². The first-order chi connectivity index (χ1) is 4.76. The topological polar surface area (TPSA) is 3.24 Å². The van der Waals surface area contributed by atoms with Crippen LogP contribution in [0.5, 0.6) is 0 Å². The highest BCUT2D eigenvalue weighted by molar-refractivity contribution is 7.34. The van der Waals surface area contributed by atoms with Crippen LogP contribution < -0.4 is 0 Å². The molecule has 0 radical (unpaired) electrons. The molecule has 0 saturated heterocycles. The molecule has 0 bridgehead atoms. The Morgan fingerprint density at radius 1 is 1.18 bits per heavy atom. The van der Waals surface area contributed by atoms with Crippen molar-refractivity contribution in [3.8, 4) is 0 Å². The van der Waals surface area contributed by atoms with Gasteiger partial charge in [0.05, 0.1) is 0 Å². The Hall–Kier alpha value is 0.822.